The van der Waals surface area contributed by atoms with Crippen molar-refractivity contribution in [2.24, 2.45) is 0 Å². The summed E-state index contributed by atoms with van der Waals surface area (Å²) in [6.07, 6.45) is 2.08. The van der Waals surface area contributed by atoms with E-state index in [-0.39, 0.29) is 11.7 Å². The fourth-order valence-electron chi connectivity index (χ4n) is 2.95. The third-order valence-electron chi connectivity index (χ3n) is 4.03. The first-order chi connectivity index (χ1) is 11.5. The summed E-state index contributed by atoms with van der Waals surface area (Å²) in [6.45, 7) is 3.18. The molecule has 6 heteroatoms. The number of hydrogen-bond acceptors (Lipinski definition) is 4. The van der Waals surface area contributed by atoms with Gasteiger partial charge in [-0.1, -0.05) is 0 Å². The predicted molar refractivity (Wildman–Crippen MR) is 88.5 cm³/mol. The van der Waals surface area contributed by atoms with Crippen LogP contribution < -0.4 is 10.1 Å². The number of rotatable bonds is 3. The number of aryl methyl sites for hydroxylation is 1. The highest BCUT2D eigenvalue weighted by atomic mass is 16.5. The van der Waals surface area contributed by atoms with Crippen molar-refractivity contribution < 1.29 is 19.1 Å². The molecule has 2 N–H and O–H groups in total. The number of aromatic amines is 1. The van der Waals surface area contributed by atoms with Crippen LogP contribution in [0.3, 0.4) is 0 Å². The first-order valence-electron chi connectivity index (χ1n) is 7.80. The molecule has 1 aliphatic carbocycles. The third-order valence-corrected chi connectivity index (χ3v) is 4.03. The molecule has 6 nitrogen and oxygen atoms in total. The Hall–Kier alpha value is -2.89. The fourth-order valence-corrected chi connectivity index (χ4v) is 2.95. The first kappa shape index (κ1) is 16.0. The summed E-state index contributed by atoms with van der Waals surface area (Å²) < 4.78 is 5.36. The minimum atomic E-state index is -0.526. The lowest BCUT2D eigenvalue weighted by Crippen LogP contribution is -2.11. The van der Waals surface area contributed by atoms with Crippen molar-refractivity contribution in [2.45, 2.75) is 33.1 Å². The standard InChI is InChI=1S/C18H18N2O4/c1-10-16-14(4-3-5-15(16)22)20-17(10)18(23)24-13-8-6-12(7-9-13)19-11(2)21/h6-9,20H,3-5H2,1-2H3,(H,19,21). The number of anilines is 1. The molecule has 1 aromatic heterocycles. The van der Waals surface area contributed by atoms with E-state index in [1.54, 1.807) is 31.2 Å². The number of fused-ring (bicyclic) bond motifs is 1. The van der Waals surface area contributed by atoms with Crippen molar-refractivity contribution in [3.8, 4) is 5.75 Å². The molecule has 0 fully saturated rings. The Morgan fingerprint density at radius 2 is 1.88 bits per heavy atom. The van der Waals surface area contributed by atoms with E-state index in [1.165, 1.54) is 6.92 Å². The lowest BCUT2D eigenvalue weighted by molar-refractivity contribution is -0.114. The van der Waals surface area contributed by atoms with Crippen LogP contribution in [0.4, 0.5) is 5.69 Å². The number of carbonyl (C=O) groups excluding carboxylic acids is 3. The van der Waals surface area contributed by atoms with E-state index >= 15 is 0 Å². The van der Waals surface area contributed by atoms with E-state index in [4.69, 9.17) is 4.74 Å². The molecule has 0 aliphatic heterocycles. The maximum Gasteiger partial charge on any atom is 0.360 e. The van der Waals surface area contributed by atoms with Crippen molar-refractivity contribution in [1.29, 1.82) is 0 Å². The number of Topliss-reactive ketones (excluding diaryl/α,β-unsaturated/α-hetero) is 1. The average Bonchev–Trinajstić information content (AvgIpc) is 2.87. The first-order valence-corrected chi connectivity index (χ1v) is 7.80. The van der Waals surface area contributed by atoms with Gasteiger partial charge in [0.15, 0.2) is 5.78 Å². The lowest BCUT2D eigenvalue weighted by Gasteiger charge is -2.09. The molecular weight excluding hydrogens is 308 g/mol. The summed E-state index contributed by atoms with van der Waals surface area (Å²) in [6, 6.07) is 6.51. The molecule has 124 valence electrons. The maximum absolute atomic E-state index is 12.4. The van der Waals surface area contributed by atoms with E-state index in [1.807, 2.05) is 0 Å². The zero-order valence-electron chi connectivity index (χ0n) is 13.6. The molecule has 2 aromatic rings. The van der Waals surface area contributed by atoms with Gasteiger partial charge in [0.2, 0.25) is 5.91 Å². The molecule has 1 amide bonds. The molecule has 0 radical (unpaired) electrons. The molecule has 0 saturated carbocycles. The van der Waals surface area contributed by atoms with Crippen molar-refractivity contribution >= 4 is 23.3 Å². The number of ketones is 1. The van der Waals surface area contributed by atoms with Crippen molar-refractivity contribution in [3.05, 3.63) is 46.8 Å². The summed E-state index contributed by atoms with van der Waals surface area (Å²) in [5.41, 5.74) is 3.04. The fraction of sp³-hybridized carbons (Fsp3) is 0.278. The normalized spacial score (nSPS) is 13.3. The Morgan fingerprint density at radius 1 is 1.17 bits per heavy atom. The summed E-state index contributed by atoms with van der Waals surface area (Å²) >= 11 is 0. The third kappa shape index (κ3) is 3.08. The minimum Gasteiger partial charge on any atom is -0.422 e. The van der Waals surface area contributed by atoms with Gasteiger partial charge in [0.25, 0.3) is 0 Å². The number of carbonyl (C=O) groups is 3. The Bertz CT molecular complexity index is 818. The Morgan fingerprint density at radius 3 is 2.50 bits per heavy atom. The second-order valence-electron chi connectivity index (χ2n) is 5.85. The van der Waals surface area contributed by atoms with Crippen molar-refractivity contribution in [3.63, 3.8) is 0 Å². The number of hydrogen-bond donors (Lipinski definition) is 2. The van der Waals surface area contributed by atoms with Crippen LogP contribution in [-0.4, -0.2) is 22.6 Å². The smallest absolute Gasteiger partial charge is 0.360 e. The Kier molecular flexibility index (Phi) is 4.20. The van der Waals surface area contributed by atoms with Gasteiger partial charge < -0.3 is 15.0 Å². The van der Waals surface area contributed by atoms with Crippen LogP contribution in [-0.2, 0) is 11.2 Å². The molecule has 3 rings (SSSR count). The molecule has 0 spiro atoms. The highest BCUT2D eigenvalue weighted by Gasteiger charge is 2.27. The largest absolute Gasteiger partial charge is 0.422 e. The zero-order chi connectivity index (χ0) is 17.3. The van der Waals surface area contributed by atoms with E-state index in [9.17, 15) is 14.4 Å². The van der Waals surface area contributed by atoms with E-state index in [0.29, 0.717) is 34.7 Å². The van der Waals surface area contributed by atoms with Gasteiger partial charge in [-0.05, 0) is 49.6 Å². The highest BCUT2D eigenvalue weighted by molar-refractivity contribution is 6.03. The van der Waals surface area contributed by atoms with Gasteiger partial charge in [0, 0.05) is 30.3 Å². The number of esters is 1. The van der Waals surface area contributed by atoms with Gasteiger partial charge in [0.05, 0.1) is 0 Å². The van der Waals surface area contributed by atoms with Gasteiger partial charge in [-0.2, -0.15) is 0 Å². The monoisotopic (exact) mass is 326 g/mol. The predicted octanol–water partition coefficient (Wildman–Crippen LogP) is 3.02. The number of aromatic nitrogens is 1. The summed E-state index contributed by atoms with van der Waals surface area (Å²) in [7, 11) is 0. The molecule has 0 bridgehead atoms. The van der Waals surface area contributed by atoms with Crippen LogP contribution in [0.2, 0.25) is 0 Å². The molecule has 1 heterocycles. The van der Waals surface area contributed by atoms with E-state index in [0.717, 1.165) is 18.5 Å². The van der Waals surface area contributed by atoms with Crippen LogP contribution in [0.25, 0.3) is 0 Å². The van der Waals surface area contributed by atoms with Gasteiger partial charge in [-0.25, -0.2) is 4.79 Å². The summed E-state index contributed by atoms with van der Waals surface area (Å²) in [5.74, 6) is -0.255. The maximum atomic E-state index is 12.4. The molecule has 0 atom stereocenters. The SMILES string of the molecule is CC(=O)Nc1ccc(OC(=O)c2[nH]c3c(c2C)C(=O)CCC3)cc1. The number of nitrogens with one attached hydrogen (secondary N) is 2. The van der Waals surface area contributed by atoms with Gasteiger partial charge >= 0.3 is 5.97 Å². The second-order valence-corrected chi connectivity index (χ2v) is 5.85. The Labute approximate surface area is 139 Å². The van der Waals surface area contributed by atoms with Crippen LogP contribution in [0.1, 0.15) is 51.9 Å². The Balaban J connectivity index is 1.78. The molecular formula is C18H18N2O4. The van der Waals surface area contributed by atoms with Crippen molar-refractivity contribution in [2.75, 3.05) is 5.32 Å². The van der Waals surface area contributed by atoms with Gasteiger partial charge in [0.1, 0.15) is 11.4 Å². The van der Waals surface area contributed by atoms with Gasteiger partial charge in [-0.3, -0.25) is 9.59 Å². The second kappa shape index (κ2) is 6.31. The van der Waals surface area contributed by atoms with E-state index in [2.05, 4.69) is 10.3 Å². The van der Waals surface area contributed by atoms with Crippen LogP contribution in [0.5, 0.6) is 5.75 Å². The zero-order valence-corrected chi connectivity index (χ0v) is 13.6. The molecule has 1 aromatic carbocycles. The van der Waals surface area contributed by atoms with E-state index < -0.39 is 5.97 Å². The number of ether oxygens (including phenoxy) is 1. The van der Waals surface area contributed by atoms with Crippen LogP contribution in [0, 0.1) is 6.92 Å². The minimum absolute atomic E-state index is 0.0729. The number of amides is 1. The highest BCUT2D eigenvalue weighted by Crippen LogP contribution is 2.27. The van der Waals surface area contributed by atoms with Crippen LogP contribution >= 0.6 is 0 Å². The lowest BCUT2D eigenvalue weighted by atomic mass is 9.94. The van der Waals surface area contributed by atoms with Gasteiger partial charge in [-0.15, -0.1) is 0 Å². The van der Waals surface area contributed by atoms with Crippen LogP contribution in [0.15, 0.2) is 24.3 Å². The molecule has 24 heavy (non-hydrogen) atoms. The molecule has 1 aliphatic rings. The summed E-state index contributed by atoms with van der Waals surface area (Å²) in [4.78, 5) is 38.4. The number of benzene rings is 1. The average molecular weight is 326 g/mol. The number of H-pyrrole nitrogens is 1. The van der Waals surface area contributed by atoms with Crippen molar-refractivity contribution in [1.82, 2.24) is 4.98 Å². The topological polar surface area (TPSA) is 88.3 Å². The summed E-state index contributed by atoms with van der Waals surface area (Å²) in [5, 5.41) is 2.64. The molecule has 0 saturated heterocycles. The quantitative estimate of drug-likeness (QED) is 0.670. The molecule has 0 unspecified atom stereocenters.